The first-order chi connectivity index (χ1) is 6.63. The molecule has 1 amide bonds. The van der Waals surface area contributed by atoms with Crippen molar-refractivity contribution >= 4 is 6.09 Å². The Labute approximate surface area is 82.8 Å². The van der Waals surface area contributed by atoms with Gasteiger partial charge in [0, 0.05) is 19.1 Å². The average Bonchev–Trinajstić information content (AvgIpc) is 2.18. The van der Waals surface area contributed by atoms with Gasteiger partial charge in [-0.2, -0.15) is 0 Å². The molecule has 1 rings (SSSR count). The maximum Gasteiger partial charge on any atom is 0.407 e. The second-order valence-corrected chi connectivity index (χ2v) is 3.44. The summed E-state index contributed by atoms with van der Waals surface area (Å²) in [6, 6.07) is -0.318. The Kier molecular flexibility index (Phi) is 3.91. The van der Waals surface area contributed by atoms with Crippen molar-refractivity contribution in [3.05, 3.63) is 11.6 Å². The first-order valence-electron chi connectivity index (χ1n) is 4.67. The smallest absolute Gasteiger partial charge is 0.407 e. The molecule has 1 aliphatic rings. The van der Waals surface area contributed by atoms with Gasteiger partial charge >= 0.3 is 6.09 Å². The van der Waals surface area contributed by atoms with E-state index in [4.69, 9.17) is 15.9 Å². The Bertz CT molecular complexity index is 230. The molecule has 0 aromatic rings. The second kappa shape index (κ2) is 4.97. The molecule has 1 saturated heterocycles. The molecule has 80 valence electrons. The molecule has 4 N–H and O–H groups in total. The van der Waals surface area contributed by atoms with Crippen LogP contribution in [0.2, 0.25) is 0 Å². The van der Waals surface area contributed by atoms with Gasteiger partial charge < -0.3 is 20.8 Å². The van der Waals surface area contributed by atoms with Crippen LogP contribution in [0.15, 0.2) is 11.6 Å². The zero-order valence-electron chi connectivity index (χ0n) is 8.02. The van der Waals surface area contributed by atoms with Gasteiger partial charge in [0.05, 0.1) is 6.61 Å². The number of rotatable bonds is 2. The molecule has 0 bridgehead atoms. The molecule has 1 heterocycles. The van der Waals surface area contributed by atoms with E-state index in [9.17, 15) is 4.79 Å². The van der Waals surface area contributed by atoms with Gasteiger partial charge in [0.1, 0.15) is 0 Å². The minimum Gasteiger partial charge on any atom is -0.465 e. The number of nitrogens with two attached hydrogens (primary N) is 1. The molecule has 0 aromatic carbocycles. The summed E-state index contributed by atoms with van der Waals surface area (Å²) in [6.45, 7) is 0.991. The quantitative estimate of drug-likeness (QED) is 0.548. The first kappa shape index (κ1) is 11.0. The average molecular weight is 200 g/mol. The van der Waals surface area contributed by atoms with Crippen molar-refractivity contribution in [3.8, 4) is 0 Å². The molecule has 1 atom stereocenters. The van der Waals surface area contributed by atoms with Crippen LogP contribution < -0.4 is 5.73 Å². The lowest BCUT2D eigenvalue weighted by molar-refractivity contribution is 0.141. The van der Waals surface area contributed by atoms with Gasteiger partial charge in [-0.25, -0.2) is 4.79 Å². The van der Waals surface area contributed by atoms with Gasteiger partial charge in [-0.1, -0.05) is 11.6 Å². The predicted molar refractivity (Wildman–Crippen MR) is 52.0 cm³/mol. The van der Waals surface area contributed by atoms with Crippen molar-refractivity contribution in [3.63, 3.8) is 0 Å². The highest BCUT2D eigenvalue weighted by molar-refractivity contribution is 5.65. The summed E-state index contributed by atoms with van der Waals surface area (Å²) in [5.41, 5.74) is 6.68. The molecular weight excluding hydrogens is 184 g/mol. The summed E-state index contributed by atoms with van der Waals surface area (Å²) in [7, 11) is 0. The molecule has 1 aliphatic heterocycles. The number of hydrogen-bond acceptors (Lipinski definition) is 3. The van der Waals surface area contributed by atoms with Gasteiger partial charge in [0.2, 0.25) is 0 Å². The molecular formula is C9H16N2O3. The number of hydrogen-bond donors (Lipinski definition) is 3. The number of aliphatic hydroxyl groups is 1. The largest absolute Gasteiger partial charge is 0.465 e. The molecule has 0 aromatic heterocycles. The summed E-state index contributed by atoms with van der Waals surface area (Å²) in [5.74, 6) is 0. The molecule has 0 radical (unpaired) electrons. The number of piperidine rings is 1. The second-order valence-electron chi connectivity index (χ2n) is 3.44. The molecule has 5 heteroatoms. The summed E-state index contributed by atoms with van der Waals surface area (Å²) in [4.78, 5) is 12.0. The van der Waals surface area contributed by atoms with Crippen LogP contribution in [-0.2, 0) is 0 Å². The highest BCUT2D eigenvalue weighted by Gasteiger charge is 2.17. The maximum atomic E-state index is 10.6. The molecule has 1 fully saturated rings. The number of likely N-dealkylation sites (tertiary alicyclic amines) is 1. The fourth-order valence-corrected chi connectivity index (χ4v) is 1.51. The van der Waals surface area contributed by atoms with E-state index in [2.05, 4.69) is 0 Å². The monoisotopic (exact) mass is 200 g/mol. The highest BCUT2D eigenvalue weighted by Crippen LogP contribution is 2.16. The molecule has 0 saturated carbocycles. The first-order valence-corrected chi connectivity index (χ1v) is 4.67. The van der Waals surface area contributed by atoms with Crippen LogP contribution in [-0.4, -0.2) is 46.9 Å². The van der Waals surface area contributed by atoms with E-state index in [1.165, 1.54) is 4.90 Å². The molecule has 5 nitrogen and oxygen atoms in total. The normalized spacial score (nSPS) is 19.3. The van der Waals surface area contributed by atoms with Gasteiger partial charge in [-0.05, 0) is 12.8 Å². The minimum absolute atomic E-state index is 0.0633. The number of carbonyl (C=O) groups is 1. The van der Waals surface area contributed by atoms with E-state index in [-0.39, 0.29) is 12.6 Å². The lowest BCUT2D eigenvalue weighted by Gasteiger charge is -2.26. The third-order valence-electron chi connectivity index (χ3n) is 2.34. The van der Waals surface area contributed by atoms with Crippen LogP contribution in [0.1, 0.15) is 12.8 Å². The topological polar surface area (TPSA) is 86.8 Å². The van der Waals surface area contributed by atoms with Crippen molar-refractivity contribution in [1.82, 2.24) is 4.90 Å². The number of aliphatic hydroxyl groups excluding tert-OH is 1. The van der Waals surface area contributed by atoms with Gasteiger partial charge in [-0.3, -0.25) is 0 Å². The van der Waals surface area contributed by atoms with Crippen LogP contribution >= 0.6 is 0 Å². The number of nitrogens with zero attached hydrogens (tertiary/aromatic N) is 1. The molecule has 0 aliphatic carbocycles. The van der Waals surface area contributed by atoms with E-state index in [1.807, 2.05) is 6.08 Å². The van der Waals surface area contributed by atoms with Gasteiger partial charge in [0.15, 0.2) is 0 Å². The molecule has 0 unspecified atom stereocenters. The third kappa shape index (κ3) is 3.01. The standard InChI is InChI=1S/C9H16N2O3/c10-8(6-12)5-7-1-3-11(4-2-7)9(13)14/h5,8,12H,1-4,6,10H2,(H,13,14)/t8-/m0/s1. The summed E-state index contributed by atoms with van der Waals surface area (Å²) in [5, 5.41) is 17.4. The Morgan fingerprint density at radius 1 is 1.57 bits per heavy atom. The zero-order valence-corrected chi connectivity index (χ0v) is 8.02. The van der Waals surface area contributed by atoms with E-state index in [0.29, 0.717) is 13.1 Å². The van der Waals surface area contributed by atoms with Crippen LogP contribution in [0.3, 0.4) is 0 Å². The van der Waals surface area contributed by atoms with Crippen LogP contribution in [0.5, 0.6) is 0 Å². The number of amides is 1. The van der Waals surface area contributed by atoms with Gasteiger partial charge in [-0.15, -0.1) is 0 Å². The van der Waals surface area contributed by atoms with Crippen LogP contribution in [0, 0.1) is 0 Å². The van der Waals surface area contributed by atoms with Gasteiger partial charge in [0.25, 0.3) is 0 Å². The lowest BCUT2D eigenvalue weighted by Crippen LogP contribution is -2.35. The SMILES string of the molecule is N[C@@H](C=C1CCN(C(=O)O)CC1)CO. The summed E-state index contributed by atoms with van der Waals surface area (Å²) >= 11 is 0. The fraction of sp³-hybridized carbons (Fsp3) is 0.667. The lowest BCUT2D eigenvalue weighted by atomic mass is 10.0. The van der Waals surface area contributed by atoms with Crippen molar-refractivity contribution in [1.29, 1.82) is 0 Å². The Morgan fingerprint density at radius 3 is 2.57 bits per heavy atom. The Hall–Kier alpha value is -1.07. The van der Waals surface area contributed by atoms with Crippen LogP contribution in [0.4, 0.5) is 4.79 Å². The maximum absolute atomic E-state index is 10.6. The summed E-state index contributed by atoms with van der Waals surface area (Å²) < 4.78 is 0. The van der Waals surface area contributed by atoms with E-state index < -0.39 is 6.09 Å². The number of carboxylic acid groups (broad SMARTS) is 1. The summed E-state index contributed by atoms with van der Waals surface area (Å²) in [6.07, 6.45) is 2.41. The molecule has 0 spiro atoms. The van der Waals surface area contributed by atoms with Crippen molar-refractivity contribution < 1.29 is 15.0 Å². The fourth-order valence-electron chi connectivity index (χ4n) is 1.51. The molecule has 14 heavy (non-hydrogen) atoms. The van der Waals surface area contributed by atoms with E-state index >= 15 is 0 Å². The highest BCUT2D eigenvalue weighted by atomic mass is 16.4. The Balaban J connectivity index is 2.42. The van der Waals surface area contributed by atoms with E-state index in [0.717, 1.165) is 18.4 Å². The Morgan fingerprint density at radius 2 is 2.14 bits per heavy atom. The van der Waals surface area contributed by atoms with Crippen molar-refractivity contribution in [2.75, 3.05) is 19.7 Å². The predicted octanol–water partition coefficient (Wildman–Crippen LogP) is 0.00620. The van der Waals surface area contributed by atoms with Crippen molar-refractivity contribution in [2.24, 2.45) is 5.73 Å². The van der Waals surface area contributed by atoms with E-state index in [1.54, 1.807) is 0 Å². The minimum atomic E-state index is -0.865. The van der Waals surface area contributed by atoms with Crippen LogP contribution in [0.25, 0.3) is 0 Å². The third-order valence-corrected chi connectivity index (χ3v) is 2.34. The zero-order chi connectivity index (χ0) is 10.6. The van der Waals surface area contributed by atoms with Crippen molar-refractivity contribution in [2.45, 2.75) is 18.9 Å².